The Bertz CT molecular complexity index is 520. The predicted octanol–water partition coefficient (Wildman–Crippen LogP) is 3.62. The summed E-state index contributed by atoms with van der Waals surface area (Å²) in [5, 5.41) is 0. The number of nitrogens with one attached hydrogen (secondary N) is 2. The predicted molar refractivity (Wildman–Crippen MR) is 88.2 cm³/mol. The molecule has 0 aliphatic heterocycles. The lowest BCUT2D eigenvalue weighted by Crippen LogP contribution is -2.10. The van der Waals surface area contributed by atoms with Crippen molar-refractivity contribution in [2.45, 2.75) is 50.4 Å². The van der Waals surface area contributed by atoms with Crippen LogP contribution in [0.5, 0.6) is 0 Å². The number of aromatic nitrogens is 4. The van der Waals surface area contributed by atoms with Crippen LogP contribution in [-0.2, 0) is 4.74 Å². The first-order valence-electron chi connectivity index (χ1n) is 8.97. The number of aromatic amines is 2. The molecule has 4 rings (SSSR count). The van der Waals surface area contributed by atoms with Crippen LogP contribution in [0.2, 0.25) is 0 Å². The van der Waals surface area contributed by atoms with Gasteiger partial charge in [-0.3, -0.25) is 0 Å². The highest BCUT2D eigenvalue weighted by molar-refractivity contribution is 5.09. The van der Waals surface area contributed by atoms with Crippen LogP contribution in [0, 0.1) is 11.8 Å². The molecule has 2 aromatic rings. The first kappa shape index (κ1) is 14.9. The van der Waals surface area contributed by atoms with Crippen LogP contribution >= 0.6 is 0 Å². The van der Waals surface area contributed by atoms with E-state index in [4.69, 9.17) is 4.74 Å². The van der Waals surface area contributed by atoms with Gasteiger partial charge in [-0.1, -0.05) is 0 Å². The first-order chi connectivity index (χ1) is 11.4. The van der Waals surface area contributed by atoms with Crippen molar-refractivity contribution < 1.29 is 4.74 Å². The Morgan fingerprint density at radius 2 is 1.35 bits per heavy atom. The maximum atomic E-state index is 5.97. The summed E-state index contributed by atoms with van der Waals surface area (Å²) < 4.78 is 5.97. The molecule has 2 aliphatic rings. The molecule has 2 atom stereocenters. The zero-order valence-electron chi connectivity index (χ0n) is 13.6. The lowest BCUT2D eigenvalue weighted by atomic mass is 9.96. The number of ether oxygens (including phenoxy) is 1. The summed E-state index contributed by atoms with van der Waals surface area (Å²) >= 11 is 0. The van der Waals surface area contributed by atoms with E-state index >= 15 is 0 Å². The molecule has 5 nitrogen and oxygen atoms in total. The summed E-state index contributed by atoms with van der Waals surface area (Å²) in [6.07, 6.45) is 15.2. The van der Waals surface area contributed by atoms with Gasteiger partial charge in [0.25, 0.3) is 0 Å². The monoisotopic (exact) mass is 314 g/mol. The van der Waals surface area contributed by atoms with Crippen molar-refractivity contribution in [2.75, 3.05) is 13.2 Å². The normalized spacial score (nSPS) is 20.5. The van der Waals surface area contributed by atoms with Crippen molar-refractivity contribution in [3.05, 3.63) is 36.4 Å². The van der Waals surface area contributed by atoms with Crippen molar-refractivity contribution in [1.29, 1.82) is 0 Å². The fourth-order valence-electron chi connectivity index (χ4n) is 3.72. The molecule has 0 radical (unpaired) electrons. The Morgan fingerprint density at radius 1 is 0.870 bits per heavy atom. The molecule has 0 saturated heterocycles. The molecule has 0 spiro atoms. The van der Waals surface area contributed by atoms with Crippen LogP contribution in [0.15, 0.2) is 25.0 Å². The van der Waals surface area contributed by atoms with Crippen LogP contribution in [0.3, 0.4) is 0 Å². The van der Waals surface area contributed by atoms with Crippen molar-refractivity contribution in [1.82, 2.24) is 19.9 Å². The molecule has 23 heavy (non-hydrogen) atoms. The van der Waals surface area contributed by atoms with Crippen LogP contribution in [0.25, 0.3) is 0 Å². The Labute approximate surface area is 137 Å². The SMILES string of the molecule is c1nc(C(CCOCCC(c2c[nH]cn2)C2CC2)C2CC2)c[nH]1. The van der Waals surface area contributed by atoms with Gasteiger partial charge in [-0.2, -0.15) is 0 Å². The van der Waals surface area contributed by atoms with Gasteiger partial charge in [-0.05, 0) is 50.4 Å². The van der Waals surface area contributed by atoms with Crippen molar-refractivity contribution in [2.24, 2.45) is 11.8 Å². The minimum Gasteiger partial charge on any atom is -0.381 e. The third-order valence-electron chi connectivity index (χ3n) is 5.33. The molecule has 0 amide bonds. The van der Waals surface area contributed by atoms with Gasteiger partial charge in [-0.25, -0.2) is 9.97 Å². The fraction of sp³-hybridized carbons (Fsp3) is 0.667. The number of H-pyrrole nitrogens is 2. The summed E-state index contributed by atoms with van der Waals surface area (Å²) in [7, 11) is 0. The van der Waals surface area contributed by atoms with Gasteiger partial charge in [0.15, 0.2) is 0 Å². The second-order valence-electron chi connectivity index (χ2n) is 7.07. The third-order valence-corrected chi connectivity index (χ3v) is 5.33. The largest absolute Gasteiger partial charge is 0.381 e. The molecule has 2 heterocycles. The van der Waals surface area contributed by atoms with E-state index in [-0.39, 0.29) is 0 Å². The highest BCUT2D eigenvalue weighted by Gasteiger charge is 2.34. The first-order valence-corrected chi connectivity index (χ1v) is 8.97. The molecule has 2 aliphatic carbocycles. The molecule has 5 heteroatoms. The zero-order chi connectivity index (χ0) is 15.5. The number of hydrogen-bond donors (Lipinski definition) is 2. The fourth-order valence-corrected chi connectivity index (χ4v) is 3.72. The maximum absolute atomic E-state index is 5.97. The average molecular weight is 314 g/mol. The second-order valence-corrected chi connectivity index (χ2v) is 7.07. The van der Waals surface area contributed by atoms with Crippen LogP contribution < -0.4 is 0 Å². The molecular formula is C18H26N4O. The van der Waals surface area contributed by atoms with Crippen LogP contribution in [0.1, 0.15) is 61.7 Å². The quantitative estimate of drug-likeness (QED) is 0.658. The molecule has 0 aromatic carbocycles. The van der Waals surface area contributed by atoms with Crippen molar-refractivity contribution >= 4 is 0 Å². The lowest BCUT2D eigenvalue weighted by molar-refractivity contribution is 0.116. The summed E-state index contributed by atoms with van der Waals surface area (Å²) in [6, 6.07) is 0. The number of imidazole rings is 2. The molecule has 0 bridgehead atoms. The summed E-state index contributed by atoms with van der Waals surface area (Å²) in [6.45, 7) is 1.68. The van der Waals surface area contributed by atoms with Gasteiger partial charge in [0.05, 0.1) is 24.0 Å². The molecular weight excluding hydrogens is 288 g/mol. The smallest absolute Gasteiger partial charge is 0.0923 e. The Hall–Kier alpha value is -1.62. The van der Waals surface area contributed by atoms with Gasteiger partial charge in [-0.15, -0.1) is 0 Å². The topological polar surface area (TPSA) is 66.6 Å². The summed E-state index contributed by atoms with van der Waals surface area (Å²) in [5.74, 6) is 2.80. The molecule has 2 unspecified atom stereocenters. The Morgan fingerprint density at radius 3 is 1.70 bits per heavy atom. The Kier molecular flexibility index (Phi) is 4.46. The average Bonchev–Trinajstić information content (AvgIpc) is 3.46. The van der Waals surface area contributed by atoms with E-state index in [1.165, 1.54) is 37.1 Å². The second kappa shape index (κ2) is 6.87. The van der Waals surface area contributed by atoms with E-state index in [0.29, 0.717) is 11.8 Å². The van der Waals surface area contributed by atoms with Crippen molar-refractivity contribution in [3.63, 3.8) is 0 Å². The highest BCUT2D eigenvalue weighted by Crippen LogP contribution is 2.44. The van der Waals surface area contributed by atoms with E-state index in [1.807, 2.05) is 12.4 Å². The van der Waals surface area contributed by atoms with Gasteiger partial charge >= 0.3 is 0 Å². The van der Waals surface area contributed by atoms with E-state index < -0.39 is 0 Å². The zero-order valence-corrected chi connectivity index (χ0v) is 13.6. The van der Waals surface area contributed by atoms with Gasteiger partial charge in [0, 0.05) is 37.4 Å². The van der Waals surface area contributed by atoms with Crippen molar-refractivity contribution in [3.8, 4) is 0 Å². The van der Waals surface area contributed by atoms with Gasteiger partial charge in [0.1, 0.15) is 0 Å². The van der Waals surface area contributed by atoms with Crippen LogP contribution in [0.4, 0.5) is 0 Å². The van der Waals surface area contributed by atoms with E-state index in [1.54, 1.807) is 12.7 Å². The van der Waals surface area contributed by atoms with E-state index in [9.17, 15) is 0 Å². The van der Waals surface area contributed by atoms with Crippen LogP contribution in [-0.4, -0.2) is 33.1 Å². The summed E-state index contributed by atoms with van der Waals surface area (Å²) in [4.78, 5) is 15.1. The van der Waals surface area contributed by atoms with Gasteiger partial charge in [0.2, 0.25) is 0 Å². The molecule has 2 saturated carbocycles. The van der Waals surface area contributed by atoms with Gasteiger partial charge < -0.3 is 14.7 Å². The lowest BCUT2D eigenvalue weighted by Gasteiger charge is -2.16. The Balaban J connectivity index is 1.21. The molecule has 2 aromatic heterocycles. The highest BCUT2D eigenvalue weighted by atomic mass is 16.5. The number of nitrogens with zero attached hydrogens (tertiary/aromatic N) is 2. The minimum atomic E-state index is 0.576. The minimum absolute atomic E-state index is 0.576. The standard InChI is InChI=1S/C18H26N4O/c1-2-13(1)15(17-9-19-11-21-17)5-7-23-8-6-16(14-3-4-14)18-10-20-12-22-18/h9-16H,1-8H2,(H,19,21)(H,20,22). The molecule has 2 fully saturated rings. The number of hydrogen-bond acceptors (Lipinski definition) is 3. The van der Waals surface area contributed by atoms with E-state index in [2.05, 4.69) is 19.9 Å². The number of rotatable bonds is 10. The molecule has 2 N–H and O–H groups in total. The van der Waals surface area contributed by atoms with E-state index in [0.717, 1.165) is 37.9 Å². The summed E-state index contributed by atoms with van der Waals surface area (Å²) in [5.41, 5.74) is 2.42. The maximum Gasteiger partial charge on any atom is 0.0923 e. The third kappa shape index (κ3) is 3.83. The molecule has 124 valence electrons.